The molecule has 0 unspecified atom stereocenters. The molecule has 0 heterocycles. The first-order valence-corrected chi connectivity index (χ1v) is 8.97. The number of hydrogen-bond donors (Lipinski definition) is 2. The third kappa shape index (κ3) is 5.13. The average Bonchev–Trinajstić information content (AvgIpc) is 2.58. The van der Waals surface area contributed by atoms with Crippen LogP contribution in [0.2, 0.25) is 5.02 Å². The zero-order chi connectivity index (χ0) is 18.4. The molecule has 0 bridgehead atoms. The topological polar surface area (TPSA) is 44.4 Å². The van der Waals surface area contributed by atoms with Gasteiger partial charge in [-0.3, -0.25) is 4.79 Å². The molecule has 4 nitrogen and oxygen atoms in total. The first-order chi connectivity index (χ1) is 11.9. The van der Waals surface area contributed by atoms with Crippen LogP contribution in [0.4, 0.5) is 17.1 Å². The highest BCUT2D eigenvalue weighted by atomic mass is 35.5. The van der Waals surface area contributed by atoms with Crippen LogP contribution in [0.5, 0.6) is 0 Å². The number of aryl methyl sites for hydroxylation is 2. The summed E-state index contributed by atoms with van der Waals surface area (Å²) in [6.45, 7) is 10.4. The number of halogens is 1. The Bertz CT molecular complexity index is 742. The highest BCUT2D eigenvalue weighted by Gasteiger charge is 2.08. The Balaban J connectivity index is 1.98. The largest absolute Gasteiger partial charge is 0.376 e. The van der Waals surface area contributed by atoms with E-state index in [0.29, 0.717) is 5.02 Å². The maximum Gasteiger partial charge on any atom is 0.243 e. The normalized spacial score (nSPS) is 10.4. The van der Waals surface area contributed by atoms with E-state index in [2.05, 4.69) is 41.5 Å². The number of carbonyl (C=O) groups excluding carboxylic acids is 1. The fourth-order valence-corrected chi connectivity index (χ4v) is 2.90. The van der Waals surface area contributed by atoms with Crippen LogP contribution in [0.3, 0.4) is 0 Å². The van der Waals surface area contributed by atoms with Gasteiger partial charge in [-0.05, 0) is 69.2 Å². The van der Waals surface area contributed by atoms with Crippen molar-refractivity contribution in [1.29, 1.82) is 0 Å². The van der Waals surface area contributed by atoms with Crippen molar-refractivity contribution < 1.29 is 4.79 Å². The molecule has 2 aromatic carbocycles. The van der Waals surface area contributed by atoms with Crippen LogP contribution in [0, 0.1) is 13.8 Å². The molecule has 0 fully saturated rings. The molecular formula is C20H26ClN3O. The predicted octanol–water partition coefficient (Wildman–Crippen LogP) is 4.85. The highest BCUT2D eigenvalue weighted by molar-refractivity contribution is 6.31. The molecular weight excluding hydrogens is 334 g/mol. The van der Waals surface area contributed by atoms with Crippen LogP contribution in [0.25, 0.3) is 0 Å². The van der Waals surface area contributed by atoms with Gasteiger partial charge in [0.25, 0.3) is 0 Å². The Morgan fingerprint density at radius 3 is 2.36 bits per heavy atom. The van der Waals surface area contributed by atoms with Gasteiger partial charge in [0.2, 0.25) is 5.91 Å². The summed E-state index contributed by atoms with van der Waals surface area (Å²) in [6.07, 6.45) is 0. The van der Waals surface area contributed by atoms with Gasteiger partial charge >= 0.3 is 0 Å². The van der Waals surface area contributed by atoms with Crippen molar-refractivity contribution in [3.05, 3.63) is 52.5 Å². The molecule has 2 N–H and O–H groups in total. The van der Waals surface area contributed by atoms with Crippen molar-refractivity contribution in [1.82, 2.24) is 0 Å². The molecule has 0 radical (unpaired) electrons. The van der Waals surface area contributed by atoms with Gasteiger partial charge in [-0.15, -0.1) is 0 Å². The third-order valence-corrected chi connectivity index (χ3v) is 4.49. The highest BCUT2D eigenvalue weighted by Crippen LogP contribution is 2.23. The van der Waals surface area contributed by atoms with E-state index in [4.69, 9.17) is 11.6 Å². The van der Waals surface area contributed by atoms with Crippen molar-refractivity contribution in [2.24, 2.45) is 0 Å². The number of rotatable bonds is 7. The van der Waals surface area contributed by atoms with Crippen molar-refractivity contribution in [3.8, 4) is 0 Å². The Hall–Kier alpha value is -2.20. The van der Waals surface area contributed by atoms with E-state index in [-0.39, 0.29) is 12.5 Å². The molecule has 0 aliphatic rings. The average molecular weight is 360 g/mol. The molecule has 2 aromatic rings. The van der Waals surface area contributed by atoms with Gasteiger partial charge in [0.05, 0.1) is 6.54 Å². The fraction of sp³-hybridized carbons (Fsp3) is 0.350. The first-order valence-electron chi connectivity index (χ1n) is 8.60. The lowest BCUT2D eigenvalue weighted by Gasteiger charge is -2.22. The molecule has 0 aliphatic carbocycles. The number of benzene rings is 2. The Labute approximate surface area is 155 Å². The Kier molecular flexibility index (Phi) is 6.71. The van der Waals surface area contributed by atoms with Gasteiger partial charge in [-0.25, -0.2) is 0 Å². The second-order valence-corrected chi connectivity index (χ2v) is 6.47. The van der Waals surface area contributed by atoms with E-state index in [1.807, 2.05) is 32.0 Å². The molecule has 5 heteroatoms. The summed E-state index contributed by atoms with van der Waals surface area (Å²) >= 11 is 5.99. The molecule has 1 amide bonds. The van der Waals surface area contributed by atoms with Crippen molar-refractivity contribution in [3.63, 3.8) is 0 Å². The Morgan fingerprint density at radius 2 is 1.72 bits per heavy atom. The van der Waals surface area contributed by atoms with Crippen LogP contribution < -0.4 is 15.5 Å². The second kappa shape index (κ2) is 8.77. The van der Waals surface area contributed by atoms with Crippen molar-refractivity contribution >= 4 is 34.6 Å². The zero-order valence-electron chi connectivity index (χ0n) is 15.3. The summed E-state index contributed by atoms with van der Waals surface area (Å²) in [7, 11) is 0. The summed E-state index contributed by atoms with van der Waals surface area (Å²) in [5.74, 6) is -0.0995. The minimum atomic E-state index is -0.0995. The number of anilines is 3. The number of carbonyl (C=O) groups is 1. The molecule has 25 heavy (non-hydrogen) atoms. The molecule has 0 aromatic heterocycles. The minimum Gasteiger partial charge on any atom is -0.376 e. The quantitative estimate of drug-likeness (QED) is 0.742. The van der Waals surface area contributed by atoms with E-state index < -0.39 is 0 Å². The van der Waals surface area contributed by atoms with Crippen LogP contribution in [0.15, 0.2) is 36.4 Å². The fourth-order valence-electron chi connectivity index (χ4n) is 2.73. The van der Waals surface area contributed by atoms with Gasteiger partial charge in [-0.2, -0.15) is 0 Å². The first kappa shape index (κ1) is 19.1. The standard InChI is InChI=1S/C20H26ClN3O/c1-5-24(6-2)17-9-10-18(15(4)11-17)22-13-20(25)23-19-12-16(21)8-7-14(19)3/h7-12,22H,5-6,13H2,1-4H3,(H,23,25). The molecule has 134 valence electrons. The van der Waals surface area contributed by atoms with Crippen LogP contribution >= 0.6 is 11.6 Å². The molecule has 2 rings (SSSR count). The molecule has 0 aliphatic heterocycles. The summed E-state index contributed by atoms with van der Waals surface area (Å²) in [4.78, 5) is 14.5. The SMILES string of the molecule is CCN(CC)c1ccc(NCC(=O)Nc2cc(Cl)ccc2C)c(C)c1. The summed E-state index contributed by atoms with van der Waals surface area (Å²) < 4.78 is 0. The van der Waals surface area contributed by atoms with Gasteiger partial charge < -0.3 is 15.5 Å². The zero-order valence-corrected chi connectivity index (χ0v) is 16.1. The van der Waals surface area contributed by atoms with Gasteiger partial charge in [0.15, 0.2) is 0 Å². The number of hydrogen-bond acceptors (Lipinski definition) is 3. The minimum absolute atomic E-state index is 0.0995. The summed E-state index contributed by atoms with van der Waals surface area (Å²) in [6, 6.07) is 11.7. The van der Waals surface area contributed by atoms with E-state index in [1.54, 1.807) is 6.07 Å². The van der Waals surface area contributed by atoms with Crippen LogP contribution in [-0.4, -0.2) is 25.5 Å². The predicted molar refractivity (Wildman–Crippen MR) is 108 cm³/mol. The van der Waals surface area contributed by atoms with Crippen LogP contribution in [0.1, 0.15) is 25.0 Å². The lowest BCUT2D eigenvalue weighted by Crippen LogP contribution is -2.23. The smallest absolute Gasteiger partial charge is 0.243 e. The number of amides is 1. The lowest BCUT2D eigenvalue weighted by molar-refractivity contribution is -0.114. The Morgan fingerprint density at radius 1 is 1.00 bits per heavy atom. The maximum absolute atomic E-state index is 12.2. The monoisotopic (exact) mass is 359 g/mol. The summed E-state index contributed by atoms with van der Waals surface area (Å²) in [5, 5.41) is 6.71. The second-order valence-electron chi connectivity index (χ2n) is 6.03. The number of nitrogens with one attached hydrogen (secondary N) is 2. The van der Waals surface area contributed by atoms with E-state index in [1.165, 1.54) is 5.69 Å². The van der Waals surface area contributed by atoms with E-state index >= 15 is 0 Å². The van der Waals surface area contributed by atoms with Crippen molar-refractivity contribution in [2.45, 2.75) is 27.7 Å². The van der Waals surface area contributed by atoms with Gasteiger partial charge in [-0.1, -0.05) is 17.7 Å². The van der Waals surface area contributed by atoms with E-state index in [0.717, 1.165) is 35.6 Å². The van der Waals surface area contributed by atoms with Crippen LogP contribution in [-0.2, 0) is 4.79 Å². The van der Waals surface area contributed by atoms with E-state index in [9.17, 15) is 4.79 Å². The maximum atomic E-state index is 12.2. The summed E-state index contributed by atoms with van der Waals surface area (Å²) in [5.41, 5.74) is 5.02. The lowest BCUT2D eigenvalue weighted by atomic mass is 10.1. The molecule has 0 saturated carbocycles. The van der Waals surface area contributed by atoms with Gasteiger partial charge in [0, 0.05) is 35.2 Å². The molecule has 0 saturated heterocycles. The van der Waals surface area contributed by atoms with Crippen molar-refractivity contribution in [2.75, 3.05) is 35.2 Å². The third-order valence-electron chi connectivity index (χ3n) is 4.25. The molecule has 0 atom stereocenters. The molecule has 0 spiro atoms. The van der Waals surface area contributed by atoms with Gasteiger partial charge in [0.1, 0.15) is 0 Å². The number of nitrogens with zero attached hydrogens (tertiary/aromatic N) is 1.